The van der Waals surface area contributed by atoms with Crippen molar-refractivity contribution >= 4 is 28.4 Å². The molecular formula is C24H20F3N5O2. The van der Waals surface area contributed by atoms with E-state index < -0.39 is 17.8 Å². The van der Waals surface area contributed by atoms with E-state index in [1.165, 1.54) is 16.8 Å². The van der Waals surface area contributed by atoms with E-state index in [2.05, 4.69) is 20.7 Å². The van der Waals surface area contributed by atoms with Crippen LogP contribution >= 0.6 is 0 Å². The Morgan fingerprint density at radius 3 is 2.65 bits per heavy atom. The average Bonchev–Trinajstić information content (AvgIpc) is 3.46. The van der Waals surface area contributed by atoms with E-state index in [9.17, 15) is 22.8 Å². The maximum atomic E-state index is 12.8. The van der Waals surface area contributed by atoms with Gasteiger partial charge in [0.2, 0.25) is 11.8 Å². The average molecular weight is 467 g/mol. The Hall–Kier alpha value is -4.08. The topological polar surface area (TPSA) is 91.8 Å². The number of amides is 2. The van der Waals surface area contributed by atoms with Gasteiger partial charge in [-0.05, 0) is 54.8 Å². The van der Waals surface area contributed by atoms with Crippen molar-refractivity contribution in [2.24, 2.45) is 0 Å². The molecule has 1 unspecified atom stereocenters. The number of benzene rings is 2. The Bertz CT molecular complexity index is 1370. The minimum atomic E-state index is -4.39. The van der Waals surface area contributed by atoms with Crippen LogP contribution in [0.25, 0.3) is 27.7 Å². The van der Waals surface area contributed by atoms with Crippen molar-refractivity contribution in [1.29, 1.82) is 0 Å². The molecule has 2 aromatic carbocycles. The van der Waals surface area contributed by atoms with Gasteiger partial charge < -0.3 is 15.6 Å². The number of rotatable bonds is 4. The highest BCUT2D eigenvalue weighted by molar-refractivity contribution is 6.05. The molecule has 10 heteroatoms. The zero-order chi connectivity index (χ0) is 23.9. The lowest BCUT2D eigenvalue weighted by atomic mass is 10.0. The second kappa shape index (κ2) is 8.36. The summed E-state index contributed by atoms with van der Waals surface area (Å²) >= 11 is 0. The van der Waals surface area contributed by atoms with Gasteiger partial charge in [-0.25, -0.2) is 4.68 Å². The van der Waals surface area contributed by atoms with E-state index in [0.29, 0.717) is 30.6 Å². The molecule has 4 aromatic rings. The van der Waals surface area contributed by atoms with Gasteiger partial charge in [0.05, 0.1) is 23.1 Å². The second-order valence-corrected chi connectivity index (χ2v) is 8.18. The first-order valence-electron chi connectivity index (χ1n) is 10.7. The van der Waals surface area contributed by atoms with Crippen LogP contribution in [0.2, 0.25) is 0 Å². The molecule has 2 amide bonds. The zero-order valence-corrected chi connectivity index (χ0v) is 17.8. The van der Waals surface area contributed by atoms with Crippen LogP contribution in [-0.4, -0.2) is 32.6 Å². The second-order valence-electron chi connectivity index (χ2n) is 8.18. The lowest BCUT2D eigenvalue weighted by Gasteiger charge is -2.22. The molecule has 1 atom stereocenters. The SMILES string of the molecule is O=C1CCCC(C(=O)Nc2c[nH]c3ccc(-c4cnn(-c5ccc(C(F)(F)F)cc5)c4)cc23)N1. The van der Waals surface area contributed by atoms with Crippen LogP contribution in [0.1, 0.15) is 24.8 Å². The number of nitrogens with zero attached hydrogens (tertiary/aromatic N) is 2. The zero-order valence-electron chi connectivity index (χ0n) is 17.8. The first-order valence-corrected chi connectivity index (χ1v) is 10.7. The minimum absolute atomic E-state index is 0.127. The number of fused-ring (bicyclic) bond motifs is 1. The molecule has 0 saturated carbocycles. The Balaban J connectivity index is 1.38. The predicted molar refractivity (Wildman–Crippen MR) is 120 cm³/mol. The number of anilines is 1. The molecule has 0 aliphatic carbocycles. The molecule has 0 radical (unpaired) electrons. The maximum Gasteiger partial charge on any atom is 0.416 e. The van der Waals surface area contributed by atoms with E-state index in [-0.39, 0.29) is 11.8 Å². The number of piperidine rings is 1. The number of hydrogen-bond donors (Lipinski definition) is 3. The van der Waals surface area contributed by atoms with E-state index >= 15 is 0 Å². The summed E-state index contributed by atoms with van der Waals surface area (Å²) in [4.78, 5) is 27.4. The molecule has 1 aliphatic heterocycles. The number of alkyl halides is 3. The van der Waals surface area contributed by atoms with Gasteiger partial charge in [-0.2, -0.15) is 18.3 Å². The Morgan fingerprint density at radius 2 is 1.91 bits per heavy atom. The fourth-order valence-electron chi connectivity index (χ4n) is 4.04. The molecule has 1 saturated heterocycles. The summed E-state index contributed by atoms with van der Waals surface area (Å²) in [7, 11) is 0. The monoisotopic (exact) mass is 467 g/mol. The highest BCUT2D eigenvalue weighted by Crippen LogP contribution is 2.31. The third-order valence-electron chi connectivity index (χ3n) is 5.86. The summed E-state index contributed by atoms with van der Waals surface area (Å²) in [5.74, 6) is -0.396. The van der Waals surface area contributed by atoms with Crippen molar-refractivity contribution in [1.82, 2.24) is 20.1 Å². The standard InChI is InChI=1S/C24H20F3N5O2/c25-24(26,27)16-5-7-17(8-6-16)32-13-15(11-29-32)14-4-9-19-18(10-14)21(12-28-19)31-23(34)20-2-1-3-22(33)30-20/h4-13,20,28H,1-3H2,(H,30,33)(H,31,34). The molecular weight excluding hydrogens is 447 g/mol. The third-order valence-corrected chi connectivity index (χ3v) is 5.86. The number of aromatic nitrogens is 3. The van der Waals surface area contributed by atoms with E-state index in [0.717, 1.165) is 34.2 Å². The number of aromatic amines is 1. The molecule has 1 fully saturated rings. The Kier molecular flexibility index (Phi) is 5.35. The maximum absolute atomic E-state index is 12.8. The van der Waals surface area contributed by atoms with Crippen LogP contribution < -0.4 is 10.6 Å². The fraction of sp³-hybridized carbons (Fsp3) is 0.208. The molecule has 1 aliphatic rings. The molecule has 3 N–H and O–H groups in total. The van der Waals surface area contributed by atoms with Crippen LogP contribution in [0.3, 0.4) is 0 Å². The third kappa shape index (κ3) is 4.26. The van der Waals surface area contributed by atoms with Crippen molar-refractivity contribution < 1.29 is 22.8 Å². The molecule has 2 aromatic heterocycles. The van der Waals surface area contributed by atoms with Gasteiger partial charge in [-0.15, -0.1) is 0 Å². The summed E-state index contributed by atoms with van der Waals surface area (Å²) in [6.07, 6.45) is 2.35. The van der Waals surface area contributed by atoms with Crippen LogP contribution in [-0.2, 0) is 15.8 Å². The fourth-order valence-corrected chi connectivity index (χ4v) is 4.04. The minimum Gasteiger partial charge on any atom is -0.359 e. The summed E-state index contributed by atoms with van der Waals surface area (Å²) in [5.41, 5.74) is 2.79. The van der Waals surface area contributed by atoms with Gasteiger partial charge >= 0.3 is 6.18 Å². The van der Waals surface area contributed by atoms with Crippen LogP contribution in [0, 0.1) is 0 Å². The summed E-state index contributed by atoms with van der Waals surface area (Å²) in [6, 6.07) is 9.88. The van der Waals surface area contributed by atoms with Crippen LogP contribution in [0.5, 0.6) is 0 Å². The highest BCUT2D eigenvalue weighted by atomic mass is 19.4. The number of hydrogen-bond acceptors (Lipinski definition) is 3. The predicted octanol–water partition coefficient (Wildman–Crippen LogP) is 4.65. The van der Waals surface area contributed by atoms with Crippen molar-refractivity contribution in [3.63, 3.8) is 0 Å². The van der Waals surface area contributed by atoms with E-state index in [1.54, 1.807) is 18.6 Å². The number of halogens is 3. The summed E-state index contributed by atoms with van der Waals surface area (Å²) in [6.45, 7) is 0. The smallest absolute Gasteiger partial charge is 0.359 e. The summed E-state index contributed by atoms with van der Waals surface area (Å²) in [5, 5.41) is 10.7. The molecule has 0 bridgehead atoms. The number of carbonyl (C=O) groups excluding carboxylic acids is 2. The van der Waals surface area contributed by atoms with Crippen LogP contribution in [0.15, 0.2) is 61.1 Å². The van der Waals surface area contributed by atoms with Crippen molar-refractivity contribution in [2.75, 3.05) is 5.32 Å². The Morgan fingerprint density at radius 1 is 1.12 bits per heavy atom. The largest absolute Gasteiger partial charge is 0.416 e. The van der Waals surface area contributed by atoms with E-state index in [4.69, 9.17) is 0 Å². The van der Waals surface area contributed by atoms with Gasteiger partial charge in [0.1, 0.15) is 6.04 Å². The van der Waals surface area contributed by atoms with E-state index in [1.807, 2.05) is 18.2 Å². The van der Waals surface area contributed by atoms with Gasteiger partial charge in [0.15, 0.2) is 0 Å². The van der Waals surface area contributed by atoms with Crippen molar-refractivity contribution in [2.45, 2.75) is 31.5 Å². The molecule has 5 rings (SSSR count). The molecule has 7 nitrogen and oxygen atoms in total. The lowest BCUT2D eigenvalue weighted by Crippen LogP contribution is -2.46. The molecule has 3 heterocycles. The normalized spacial score (nSPS) is 16.4. The quantitative estimate of drug-likeness (QED) is 0.408. The molecule has 174 valence electrons. The molecule has 0 spiro atoms. The number of carbonyl (C=O) groups is 2. The summed E-state index contributed by atoms with van der Waals surface area (Å²) < 4.78 is 39.9. The highest BCUT2D eigenvalue weighted by Gasteiger charge is 2.30. The molecule has 34 heavy (non-hydrogen) atoms. The first-order chi connectivity index (χ1) is 16.3. The van der Waals surface area contributed by atoms with Gasteiger partial charge in [0.25, 0.3) is 0 Å². The van der Waals surface area contributed by atoms with Gasteiger partial charge in [0, 0.05) is 35.3 Å². The van der Waals surface area contributed by atoms with Gasteiger partial charge in [-0.3, -0.25) is 9.59 Å². The number of H-pyrrole nitrogens is 1. The number of nitrogens with one attached hydrogen (secondary N) is 3. The lowest BCUT2D eigenvalue weighted by molar-refractivity contribution is -0.137. The van der Waals surface area contributed by atoms with Crippen LogP contribution in [0.4, 0.5) is 18.9 Å². The van der Waals surface area contributed by atoms with Gasteiger partial charge in [-0.1, -0.05) is 6.07 Å². The van der Waals surface area contributed by atoms with Crippen molar-refractivity contribution in [3.05, 3.63) is 66.6 Å². The Labute approximate surface area is 192 Å². The first kappa shape index (κ1) is 21.7. The van der Waals surface area contributed by atoms with Crippen molar-refractivity contribution in [3.8, 4) is 16.8 Å².